The summed E-state index contributed by atoms with van der Waals surface area (Å²) in [7, 11) is -4.07. The molecule has 0 N–H and O–H groups in total. The Kier molecular flexibility index (Phi) is 16.2. The smallest absolute Gasteiger partial charge is 0.748 e. The van der Waals surface area contributed by atoms with Gasteiger partial charge in [-0.15, -0.1) is 0 Å². The van der Waals surface area contributed by atoms with E-state index in [0.29, 0.717) is 12.8 Å². The summed E-state index contributed by atoms with van der Waals surface area (Å²) in [6.07, 6.45) is 11.9. The maximum absolute atomic E-state index is 10.9. The average molecular weight is 300 g/mol. The molecule has 1 unspecified atom stereocenters. The van der Waals surface area contributed by atoms with E-state index in [4.69, 9.17) is 0 Å². The molecule has 0 aliphatic rings. The molecule has 0 aliphatic heterocycles. The van der Waals surface area contributed by atoms with Crippen molar-refractivity contribution in [3.8, 4) is 0 Å². The predicted molar refractivity (Wildman–Crippen MR) is 75.6 cm³/mol. The molecule has 19 heavy (non-hydrogen) atoms. The summed E-state index contributed by atoms with van der Waals surface area (Å²) in [4.78, 5) is 0. The zero-order chi connectivity index (χ0) is 13.9. The summed E-state index contributed by atoms with van der Waals surface area (Å²) < 4.78 is 32.6. The normalized spacial score (nSPS) is 13.0. The molecule has 1 atom stereocenters. The molecule has 0 radical (unpaired) electrons. The molecule has 0 saturated heterocycles. The second-order valence-corrected chi connectivity index (χ2v) is 6.79. The second kappa shape index (κ2) is 13.9. The van der Waals surface area contributed by atoms with E-state index in [1.54, 1.807) is 6.92 Å². The first-order chi connectivity index (χ1) is 8.52. The summed E-state index contributed by atoms with van der Waals surface area (Å²) in [6, 6.07) is 0. The van der Waals surface area contributed by atoms with E-state index in [-0.39, 0.29) is 29.6 Å². The molecule has 0 rings (SSSR count). The van der Waals surface area contributed by atoms with Crippen molar-refractivity contribution in [2.75, 3.05) is 0 Å². The fourth-order valence-corrected chi connectivity index (χ4v) is 3.10. The molecule has 5 heteroatoms. The first-order valence-corrected chi connectivity index (χ1v) is 8.94. The van der Waals surface area contributed by atoms with Crippen LogP contribution in [0.15, 0.2) is 0 Å². The molecule has 0 aromatic rings. The van der Waals surface area contributed by atoms with E-state index in [0.717, 1.165) is 12.8 Å². The Morgan fingerprint density at radius 1 is 0.842 bits per heavy atom. The van der Waals surface area contributed by atoms with Crippen LogP contribution in [0.1, 0.15) is 84.5 Å². The molecule has 0 heterocycles. The SMILES string of the molecule is CCCCCCCCCCCC(CC)S(=O)(=O)[O-].[Na+]. The maximum Gasteiger partial charge on any atom is 1.00 e. The quantitative estimate of drug-likeness (QED) is 0.309. The van der Waals surface area contributed by atoms with Crippen LogP contribution in [0, 0.1) is 0 Å². The monoisotopic (exact) mass is 300 g/mol. The van der Waals surface area contributed by atoms with Crippen LogP contribution < -0.4 is 29.6 Å². The van der Waals surface area contributed by atoms with E-state index < -0.39 is 15.4 Å². The maximum atomic E-state index is 10.9. The van der Waals surface area contributed by atoms with Crippen molar-refractivity contribution < 1.29 is 42.5 Å². The molecule has 0 fully saturated rings. The number of hydrogen-bond acceptors (Lipinski definition) is 3. The summed E-state index contributed by atoms with van der Waals surface area (Å²) >= 11 is 0. The first kappa shape index (κ1) is 22.2. The summed E-state index contributed by atoms with van der Waals surface area (Å²) in [6.45, 7) is 3.99. The summed E-state index contributed by atoms with van der Waals surface area (Å²) in [5.74, 6) is 0. The molecule has 110 valence electrons. The van der Waals surface area contributed by atoms with Crippen molar-refractivity contribution in [2.24, 2.45) is 0 Å². The van der Waals surface area contributed by atoms with Gasteiger partial charge in [-0.05, 0) is 12.8 Å². The van der Waals surface area contributed by atoms with Gasteiger partial charge in [-0.2, -0.15) is 0 Å². The molecular weight excluding hydrogens is 271 g/mol. The zero-order valence-corrected chi connectivity index (χ0v) is 15.8. The van der Waals surface area contributed by atoms with E-state index in [1.807, 2.05) is 0 Å². The van der Waals surface area contributed by atoms with Crippen molar-refractivity contribution in [3.63, 3.8) is 0 Å². The Bertz CT molecular complexity index is 278. The topological polar surface area (TPSA) is 57.2 Å². The third-order valence-corrected chi connectivity index (χ3v) is 4.88. The predicted octanol–water partition coefficient (Wildman–Crippen LogP) is 1.24. The molecule has 0 aliphatic carbocycles. The van der Waals surface area contributed by atoms with Crippen LogP contribution in [-0.4, -0.2) is 18.2 Å². The first-order valence-electron chi connectivity index (χ1n) is 7.47. The van der Waals surface area contributed by atoms with Gasteiger partial charge in [0.15, 0.2) is 0 Å². The minimum absolute atomic E-state index is 0. The fourth-order valence-electron chi connectivity index (χ4n) is 2.24. The molecule has 0 aromatic heterocycles. The van der Waals surface area contributed by atoms with Crippen molar-refractivity contribution in [3.05, 3.63) is 0 Å². The Balaban J connectivity index is 0. The van der Waals surface area contributed by atoms with Gasteiger partial charge >= 0.3 is 29.6 Å². The fraction of sp³-hybridized carbons (Fsp3) is 1.00. The van der Waals surface area contributed by atoms with Gasteiger partial charge < -0.3 is 4.55 Å². The van der Waals surface area contributed by atoms with E-state index in [2.05, 4.69) is 6.92 Å². The molecule has 0 spiro atoms. The van der Waals surface area contributed by atoms with E-state index in [1.165, 1.54) is 44.9 Å². The number of rotatable bonds is 12. The third kappa shape index (κ3) is 13.6. The molecule has 3 nitrogen and oxygen atoms in total. The Hall–Kier alpha value is 0.910. The van der Waals surface area contributed by atoms with Gasteiger partial charge in [0.1, 0.15) is 0 Å². The Labute approximate surface area is 142 Å². The van der Waals surface area contributed by atoms with Gasteiger partial charge in [0, 0.05) is 5.25 Å². The van der Waals surface area contributed by atoms with E-state index in [9.17, 15) is 13.0 Å². The number of hydrogen-bond donors (Lipinski definition) is 0. The van der Waals surface area contributed by atoms with Crippen LogP contribution in [0.25, 0.3) is 0 Å². The minimum Gasteiger partial charge on any atom is -0.748 e. The van der Waals surface area contributed by atoms with Crippen LogP contribution >= 0.6 is 0 Å². The van der Waals surface area contributed by atoms with Crippen molar-refractivity contribution in [2.45, 2.75) is 89.7 Å². The van der Waals surface area contributed by atoms with Gasteiger partial charge in [0.25, 0.3) is 0 Å². The van der Waals surface area contributed by atoms with E-state index >= 15 is 0 Å². The molecule has 0 bridgehead atoms. The van der Waals surface area contributed by atoms with Gasteiger partial charge in [-0.1, -0.05) is 71.6 Å². The molecule has 0 aromatic carbocycles. The van der Waals surface area contributed by atoms with Crippen LogP contribution in [-0.2, 0) is 10.1 Å². The Morgan fingerprint density at radius 2 is 1.26 bits per heavy atom. The van der Waals surface area contributed by atoms with Crippen molar-refractivity contribution in [1.29, 1.82) is 0 Å². The van der Waals surface area contributed by atoms with Crippen LogP contribution in [0.2, 0.25) is 0 Å². The summed E-state index contributed by atoms with van der Waals surface area (Å²) in [5.41, 5.74) is 0. The minimum atomic E-state index is -4.07. The van der Waals surface area contributed by atoms with Crippen LogP contribution in [0.3, 0.4) is 0 Å². The number of unbranched alkanes of at least 4 members (excludes halogenated alkanes) is 8. The largest absolute Gasteiger partial charge is 1.00 e. The standard InChI is InChI=1S/C14H30O3S.Na/c1-3-5-6-7-8-9-10-11-12-13-14(4-2)18(15,16)17;/h14H,3-13H2,1-2H3,(H,15,16,17);/q;+1/p-1. The Morgan fingerprint density at radius 3 is 1.63 bits per heavy atom. The molecule has 0 saturated carbocycles. The van der Waals surface area contributed by atoms with Crippen molar-refractivity contribution in [1.82, 2.24) is 0 Å². The van der Waals surface area contributed by atoms with Crippen LogP contribution in [0.5, 0.6) is 0 Å². The second-order valence-electron chi connectivity index (χ2n) is 5.14. The van der Waals surface area contributed by atoms with Crippen molar-refractivity contribution >= 4 is 10.1 Å². The average Bonchev–Trinajstić information content (AvgIpc) is 2.30. The van der Waals surface area contributed by atoms with Gasteiger partial charge in [-0.3, -0.25) is 0 Å². The van der Waals surface area contributed by atoms with Gasteiger partial charge in [0.05, 0.1) is 10.1 Å². The van der Waals surface area contributed by atoms with Gasteiger partial charge in [0.2, 0.25) is 0 Å². The molecule has 0 amide bonds. The summed E-state index contributed by atoms with van der Waals surface area (Å²) in [5, 5.41) is -0.665. The van der Waals surface area contributed by atoms with Crippen LogP contribution in [0.4, 0.5) is 0 Å². The third-order valence-electron chi connectivity index (χ3n) is 3.49. The van der Waals surface area contributed by atoms with Gasteiger partial charge in [-0.25, -0.2) is 8.42 Å². The zero-order valence-electron chi connectivity index (χ0n) is 13.0. The molecular formula is C14H29NaO3S.